The van der Waals surface area contributed by atoms with Crippen molar-refractivity contribution in [3.63, 3.8) is 0 Å². The van der Waals surface area contributed by atoms with Gasteiger partial charge in [-0.1, -0.05) is 0 Å². The molecule has 1 heterocycles. The number of nitrogens with one attached hydrogen (secondary N) is 1. The summed E-state index contributed by atoms with van der Waals surface area (Å²) in [5.74, 6) is 0. The van der Waals surface area contributed by atoms with Crippen molar-refractivity contribution in [1.29, 1.82) is 0 Å². The smallest absolute Gasteiger partial charge is 0.112 e. The van der Waals surface area contributed by atoms with Gasteiger partial charge in [-0.2, -0.15) is 0 Å². The highest BCUT2D eigenvalue weighted by Gasteiger charge is 2.23. The van der Waals surface area contributed by atoms with Crippen LogP contribution in [0.4, 0.5) is 0 Å². The number of aromatic nitrogens is 1. The van der Waals surface area contributed by atoms with Crippen LogP contribution in [0.1, 0.15) is 31.5 Å². The molecule has 0 saturated heterocycles. The minimum atomic E-state index is -0.0768. The van der Waals surface area contributed by atoms with Gasteiger partial charge in [0.2, 0.25) is 0 Å². The van der Waals surface area contributed by atoms with Crippen molar-refractivity contribution in [2.24, 2.45) is 5.73 Å². The number of halogens is 2. The number of hydrogen-bond donors (Lipinski definition) is 2. The SMILES string of the molecule is Cc1csc(C(C)(C)NCC(C)N)n1.Cl.Cl. The number of hydrogen-bond acceptors (Lipinski definition) is 4. The first-order valence-corrected chi connectivity index (χ1v) is 5.73. The Morgan fingerprint density at radius 3 is 2.44 bits per heavy atom. The Labute approximate surface area is 114 Å². The van der Waals surface area contributed by atoms with E-state index in [4.69, 9.17) is 5.73 Å². The van der Waals surface area contributed by atoms with Crippen LogP contribution in [0.2, 0.25) is 0 Å². The molecule has 0 radical (unpaired) electrons. The van der Waals surface area contributed by atoms with Crippen molar-refractivity contribution in [3.8, 4) is 0 Å². The lowest BCUT2D eigenvalue weighted by atomic mass is 10.1. The minimum Gasteiger partial charge on any atom is -0.327 e. The van der Waals surface area contributed by atoms with Crippen LogP contribution in [-0.4, -0.2) is 17.6 Å². The normalized spacial score (nSPS) is 12.6. The van der Waals surface area contributed by atoms with Crippen LogP contribution in [0.3, 0.4) is 0 Å². The lowest BCUT2D eigenvalue weighted by molar-refractivity contribution is 0.389. The van der Waals surface area contributed by atoms with Gasteiger partial charge in [-0.3, -0.25) is 0 Å². The summed E-state index contributed by atoms with van der Waals surface area (Å²) in [7, 11) is 0. The highest BCUT2D eigenvalue weighted by Crippen LogP contribution is 2.23. The van der Waals surface area contributed by atoms with Gasteiger partial charge in [0.25, 0.3) is 0 Å². The fraction of sp³-hybridized carbons (Fsp3) is 0.700. The van der Waals surface area contributed by atoms with E-state index in [0.717, 1.165) is 17.2 Å². The zero-order chi connectivity index (χ0) is 10.8. The molecule has 1 aromatic rings. The molecule has 0 spiro atoms. The minimum absolute atomic E-state index is 0. The van der Waals surface area contributed by atoms with Crippen molar-refractivity contribution < 1.29 is 0 Å². The van der Waals surface area contributed by atoms with Crippen molar-refractivity contribution in [2.75, 3.05) is 6.54 Å². The van der Waals surface area contributed by atoms with Crippen LogP contribution in [0, 0.1) is 6.92 Å². The van der Waals surface area contributed by atoms with Crippen molar-refractivity contribution in [2.45, 2.75) is 39.3 Å². The van der Waals surface area contributed by atoms with Gasteiger partial charge in [-0.15, -0.1) is 36.2 Å². The average molecular weight is 286 g/mol. The van der Waals surface area contributed by atoms with Crippen molar-refractivity contribution in [1.82, 2.24) is 10.3 Å². The summed E-state index contributed by atoms with van der Waals surface area (Å²) in [6.07, 6.45) is 0. The van der Waals surface area contributed by atoms with Gasteiger partial charge in [0.15, 0.2) is 0 Å². The first-order valence-electron chi connectivity index (χ1n) is 4.85. The predicted octanol–water partition coefficient (Wildman–Crippen LogP) is 2.47. The number of nitrogens with zero attached hydrogens (tertiary/aromatic N) is 1. The molecular formula is C10H21Cl2N3S. The zero-order valence-electron chi connectivity index (χ0n) is 10.1. The van der Waals surface area contributed by atoms with Crippen LogP contribution >= 0.6 is 36.2 Å². The van der Waals surface area contributed by atoms with E-state index in [1.54, 1.807) is 11.3 Å². The molecule has 6 heteroatoms. The summed E-state index contributed by atoms with van der Waals surface area (Å²) in [4.78, 5) is 4.48. The maximum Gasteiger partial charge on any atom is 0.112 e. The Morgan fingerprint density at radius 2 is 2.06 bits per heavy atom. The lowest BCUT2D eigenvalue weighted by Gasteiger charge is -2.25. The van der Waals surface area contributed by atoms with E-state index < -0.39 is 0 Å². The molecule has 96 valence electrons. The van der Waals surface area contributed by atoms with Crippen LogP contribution < -0.4 is 11.1 Å². The van der Waals surface area contributed by atoms with Gasteiger partial charge in [0.1, 0.15) is 5.01 Å². The molecular weight excluding hydrogens is 265 g/mol. The number of aryl methyl sites for hydroxylation is 1. The second kappa shape index (κ2) is 7.45. The summed E-state index contributed by atoms with van der Waals surface area (Å²) in [5, 5.41) is 6.61. The van der Waals surface area contributed by atoms with Crippen LogP contribution in [0.25, 0.3) is 0 Å². The molecule has 16 heavy (non-hydrogen) atoms. The topological polar surface area (TPSA) is 50.9 Å². The second-order valence-electron chi connectivity index (χ2n) is 4.28. The van der Waals surface area contributed by atoms with E-state index in [2.05, 4.69) is 29.5 Å². The molecule has 0 aliphatic carbocycles. The van der Waals surface area contributed by atoms with Crippen molar-refractivity contribution >= 4 is 36.2 Å². The Kier molecular flexibility index (Phi) is 8.62. The average Bonchev–Trinajstić information content (AvgIpc) is 2.49. The summed E-state index contributed by atoms with van der Waals surface area (Å²) >= 11 is 1.69. The fourth-order valence-electron chi connectivity index (χ4n) is 1.13. The molecule has 1 aromatic heterocycles. The van der Waals surface area contributed by atoms with E-state index >= 15 is 0 Å². The van der Waals surface area contributed by atoms with E-state index in [0.29, 0.717) is 0 Å². The van der Waals surface area contributed by atoms with Crippen LogP contribution in [-0.2, 0) is 5.54 Å². The standard InChI is InChI=1S/C10H19N3S.2ClH/c1-7(11)5-12-10(3,4)9-13-8(2)6-14-9;;/h6-7,12H,5,11H2,1-4H3;2*1H. The summed E-state index contributed by atoms with van der Waals surface area (Å²) in [6, 6.07) is 0.176. The molecule has 1 atom stereocenters. The molecule has 0 aliphatic heterocycles. The van der Waals surface area contributed by atoms with Gasteiger partial charge in [-0.25, -0.2) is 4.98 Å². The molecule has 0 amide bonds. The second-order valence-corrected chi connectivity index (χ2v) is 5.14. The van der Waals surface area contributed by atoms with E-state index in [9.17, 15) is 0 Å². The van der Waals surface area contributed by atoms with E-state index in [1.165, 1.54) is 0 Å². The van der Waals surface area contributed by atoms with Gasteiger partial charge in [-0.05, 0) is 27.7 Å². The Bertz CT molecular complexity index is 300. The van der Waals surface area contributed by atoms with Crippen LogP contribution in [0.5, 0.6) is 0 Å². The molecule has 1 unspecified atom stereocenters. The Balaban J connectivity index is 0. The quantitative estimate of drug-likeness (QED) is 0.894. The van der Waals surface area contributed by atoms with Crippen molar-refractivity contribution in [3.05, 3.63) is 16.1 Å². The molecule has 0 saturated carbocycles. The maximum atomic E-state index is 5.70. The highest BCUT2D eigenvalue weighted by atomic mass is 35.5. The first-order chi connectivity index (χ1) is 6.42. The first kappa shape index (κ1) is 18.5. The van der Waals surface area contributed by atoms with Gasteiger partial charge >= 0.3 is 0 Å². The molecule has 3 nitrogen and oxygen atoms in total. The fourth-order valence-corrected chi connectivity index (χ4v) is 2.03. The lowest BCUT2D eigenvalue weighted by Crippen LogP contribution is -2.42. The maximum absolute atomic E-state index is 5.70. The molecule has 0 aliphatic rings. The third-order valence-corrected chi connectivity index (χ3v) is 3.30. The third kappa shape index (κ3) is 5.46. The van der Waals surface area contributed by atoms with Gasteiger partial charge < -0.3 is 11.1 Å². The van der Waals surface area contributed by atoms with E-state index in [1.807, 2.05) is 13.8 Å². The number of nitrogens with two attached hydrogens (primary N) is 1. The third-order valence-electron chi connectivity index (χ3n) is 2.02. The van der Waals surface area contributed by atoms with E-state index in [-0.39, 0.29) is 36.4 Å². The predicted molar refractivity (Wildman–Crippen MR) is 76.0 cm³/mol. The monoisotopic (exact) mass is 285 g/mol. The number of rotatable bonds is 4. The Morgan fingerprint density at radius 1 is 1.50 bits per heavy atom. The zero-order valence-corrected chi connectivity index (χ0v) is 12.6. The molecule has 3 N–H and O–H groups in total. The molecule has 1 rings (SSSR count). The molecule has 0 aromatic carbocycles. The molecule has 0 bridgehead atoms. The Hall–Kier alpha value is 0.130. The van der Waals surface area contributed by atoms with Gasteiger partial charge in [0, 0.05) is 23.7 Å². The molecule has 0 fully saturated rings. The highest BCUT2D eigenvalue weighted by molar-refractivity contribution is 7.09. The summed E-state index contributed by atoms with van der Waals surface area (Å²) < 4.78 is 0. The summed E-state index contributed by atoms with van der Waals surface area (Å²) in [6.45, 7) is 9.09. The summed E-state index contributed by atoms with van der Waals surface area (Å²) in [5.41, 5.74) is 6.71. The largest absolute Gasteiger partial charge is 0.327 e. The van der Waals surface area contributed by atoms with Crippen LogP contribution in [0.15, 0.2) is 5.38 Å². The van der Waals surface area contributed by atoms with Gasteiger partial charge in [0.05, 0.1) is 5.54 Å². The number of thiazole rings is 1.